The van der Waals surface area contributed by atoms with E-state index in [0.29, 0.717) is 22.3 Å². The third-order valence-corrected chi connectivity index (χ3v) is 5.41. The van der Waals surface area contributed by atoms with Crippen LogP contribution in [-0.4, -0.2) is 46.1 Å². The van der Waals surface area contributed by atoms with Crippen molar-refractivity contribution in [2.45, 2.75) is 26.7 Å². The molecule has 1 fully saturated rings. The van der Waals surface area contributed by atoms with E-state index in [4.69, 9.17) is 4.98 Å². The third-order valence-electron chi connectivity index (χ3n) is 5.41. The summed E-state index contributed by atoms with van der Waals surface area (Å²) in [4.78, 5) is 28.9. The highest BCUT2D eigenvalue weighted by Gasteiger charge is 2.22. The summed E-state index contributed by atoms with van der Waals surface area (Å²) >= 11 is 0. The van der Waals surface area contributed by atoms with Crippen LogP contribution in [0.15, 0.2) is 30.3 Å². The third kappa shape index (κ3) is 4.10. The Morgan fingerprint density at radius 2 is 1.68 bits per heavy atom. The molecule has 1 saturated heterocycles. The Morgan fingerprint density at radius 1 is 1.03 bits per heavy atom. The molecule has 31 heavy (non-hydrogen) atoms. The summed E-state index contributed by atoms with van der Waals surface area (Å²) in [5, 5.41) is 21.1. The van der Waals surface area contributed by atoms with Crippen LogP contribution in [0.3, 0.4) is 0 Å². The minimum atomic E-state index is -0.465. The minimum Gasteiger partial charge on any atom is -0.353 e. The van der Waals surface area contributed by atoms with Crippen molar-refractivity contribution in [2.75, 3.05) is 36.0 Å². The fourth-order valence-corrected chi connectivity index (χ4v) is 3.73. The largest absolute Gasteiger partial charge is 0.353 e. The molecule has 3 aromatic rings. The summed E-state index contributed by atoms with van der Waals surface area (Å²) in [6.45, 7) is 9.17. The molecule has 9 nitrogen and oxygen atoms in total. The maximum Gasteiger partial charge on any atom is 0.270 e. The highest BCUT2D eigenvalue weighted by atomic mass is 16.6. The summed E-state index contributed by atoms with van der Waals surface area (Å²) in [5.41, 5.74) is 1.88. The number of nitriles is 1. The predicted molar refractivity (Wildman–Crippen MR) is 118 cm³/mol. The SMILES string of the molecule is Cc1cc(N2CCN(c3cc(C#N)c4cc([N+](=O)[O-])ccc4n3)CC2)nc(C(C)C)n1. The second kappa shape index (κ2) is 8.14. The molecular formula is C22H23N7O2. The topological polar surface area (TPSA) is 112 Å². The van der Waals surface area contributed by atoms with Crippen molar-refractivity contribution < 1.29 is 4.92 Å². The van der Waals surface area contributed by atoms with Crippen LogP contribution < -0.4 is 9.80 Å². The van der Waals surface area contributed by atoms with E-state index >= 15 is 0 Å². The molecule has 1 aliphatic rings. The number of pyridine rings is 1. The molecule has 0 saturated carbocycles. The summed E-state index contributed by atoms with van der Waals surface area (Å²) in [6.07, 6.45) is 0. The molecule has 3 heterocycles. The zero-order valence-corrected chi connectivity index (χ0v) is 17.7. The molecule has 0 N–H and O–H groups in total. The maximum absolute atomic E-state index is 11.1. The van der Waals surface area contributed by atoms with Crippen molar-refractivity contribution in [3.8, 4) is 6.07 Å². The van der Waals surface area contributed by atoms with Gasteiger partial charge < -0.3 is 9.80 Å². The summed E-state index contributed by atoms with van der Waals surface area (Å²) in [6, 6.07) is 10.3. The number of rotatable bonds is 4. The molecule has 4 rings (SSSR count). The molecule has 1 aromatic carbocycles. The number of benzene rings is 1. The standard InChI is InChI=1S/C22H23N7O2/c1-14(2)22-24-15(3)10-20(26-22)27-6-8-28(9-7-27)21-11-16(13-23)18-12-17(29(30)31)4-5-19(18)25-21/h4-5,10-12,14H,6-9H2,1-3H3. The first-order valence-corrected chi connectivity index (χ1v) is 10.2. The van der Waals surface area contributed by atoms with E-state index in [1.807, 2.05) is 13.0 Å². The van der Waals surface area contributed by atoms with Gasteiger partial charge in [-0.25, -0.2) is 15.0 Å². The number of aromatic nitrogens is 3. The molecule has 1 aliphatic heterocycles. The lowest BCUT2D eigenvalue weighted by Gasteiger charge is -2.36. The highest BCUT2D eigenvalue weighted by molar-refractivity contribution is 5.88. The smallest absolute Gasteiger partial charge is 0.270 e. The number of nitrogens with zero attached hydrogens (tertiary/aromatic N) is 7. The van der Waals surface area contributed by atoms with Gasteiger partial charge in [0.1, 0.15) is 17.5 Å². The number of nitro groups is 1. The average molecular weight is 417 g/mol. The zero-order valence-electron chi connectivity index (χ0n) is 17.7. The van der Waals surface area contributed by atoms with Crippen LogP contribution in [-0.2, 0) is 0 Å². The van der Waals surface area contributed by atoms with E-state index in [1.165, 1.54) is 12.1 Å². The monoisotopic (exact) mass is 417 g/mol. The lowest BCUT2D eigenvalue weighted by Crippen LogP contribution is -2.47. The Bertz CT molecular complexity index is 1190. The molecule has 0 unspecified atom stereocenters. The van der Waals surface area contributed by atoms with Crippen LogP contribution in [0, 0.1) is 28.4 Å². The van der Waals surface area contributed by atoms with Gasteiger partial charge in [0.2, 0.25) is 0 Å². The lowest BCUT2D eigenvalue weighted by molar-refractivity contribution is -0.384. The van der Waals surface area contributed by atoms with Gasteiger partial charge >= 0.3 is 0 Å². The molecule has 0 amide bonds. The summed E-state index contributed by atoms with van der Waals surface area (Å²) in [5.74, 6) is 2.76. The molecular weight excluding hydrogens is 394 g/mol. The fraction of sp³-hybridized carbons (Fsp3) is 0.364. The molecule has 0 atom stereocenters. The fourth-order valence-electron chi connectivity index (χ4n) is 3.73. The first kappa shape index (κ1) is 20.5. The Labute approximate surface area is 180 Å². The van der Waals surface area contributed by atoms with Gasteiger partial charge in [0.05, 0.1) is 22.1 Å². The van der Waals surface area contributed by atoms with Crippen molar-refractivity contribution in [1.29, 1.82) is 5.26 Å². The predicted octanol–water partition coefficient (Wildman–Crippen LogP) is 3.56. The quantitative estimate of drug-likeness (QED) is 0.468. The van der Waals surface area contributed by atoms with Crippen molar-refractivity contribution >= 4 is 28.2 Å². The number of non-ortho nitro benzene ring substituents is 1. The van der Waals surface area contributed by atoms with E-state index in [1.54, 1.807) is 12.1 Å². The van der Waals surface area contributed by atoms with Crippen LogP contribution >= 0.6 is 0 Å². The van der Waals surface area contributed by atoms with Gasteiger partial charge in [-0.1, -0.05) is 13.8 Å². The Hall–Kier alpha value is -3.80. The Balaban J connectivity index is 1.57. The van der Waals surface area contributed by atoms with Gasteiger partial charge in [-0.05, 0) is 19.1 Å². The van der Waals surface area contributed by atoms with Crippen LogP contribution in [0.2, 0.25) is 0 Å². The number of fused-ring (bicyclic) bond motifs is 1. The van der Waals surface area contributed by atoms with Crippen molar-refractivity contribution in [1.82, 2.24) is 15.0 Å². The molecule has 2 aromatic heterocycles. The number of piperazine rings is 1. The Kier molecular flexibility index (Phi) is 5.38. The lowest BCUT2D eigenvalue weighted by atomic mass is 10.1. The molecule has 0 spiro atoms. The van der Waals surface area contributed by atoms with Crippen molar-refractivity contribution in [3.63, 3.8) is 0 Å². The van der Waals surface area contributed by atoms with Gasteiger partial charge in [-0.15, -0.1) is 0 Å². The average Bonchev–Trinajstić information content (AvgIpc) is 2.77. The normalized spacial score (nSPS) is 14.2. The number of anilines is 2. The summed E-state index contributed by atoms with van der Waals surface area (Å²) in [7, 11) is 0. The van der Waals surface area contributed by atoms with E-state index in [9.17, 15) is 15.4 Å². The van der Waals surface area contributed by atoms with E-state index < -0.39 is 4.92 Å². The van der Waals surface area contributed by atoms with Crippen molar-refractivity contribution in [3.05, 3.63) is 57.5 Å². The molecule has 0 radical (unpaired) electrons. The molecule has 158 valence electrons. The summed E-state index contributed by atoms with van der Waals surface area (Å²) < 4.78 is 0. The van der Waals surface area contributed by atoms with Gasteiger partial charge in [0.15, 0.2) is 0 Å². The Morgan fingerprint density at radius 3 is 2.26 bits per heavy atom. The van der Waals surface area contributed by atoms with Gasteiger partial charge in [-0.3, -0.25) is 10.1 Å². The number of aryl methyl sites for hydroxylation is 1. The molecule has 9 heteroatoms. The molecule has 0 bridgehead atoms. The first-order valence-electron chi connectivity index (χ1n) is 10.2. The number of nitro benzene ring substituents is 1. The van der Waals surface area contributed by atoms with Gasteiger partial charge in [0.25, 0.3) is 5.69 Å². The maximum atomic E-state index is 11.1. The van der Waals surface area contributed by atoms with Gasteiger partial charge in [0, 0.05) is 61.4 Å². The van der Waals surface area contributed by atoms with Crippen LogP contribution in [0.25, 0.3) is 10.9 Å². The van der Waals surface area contributed by atoms with E-state index in [0.717, 1.165) is 43.5 Å². The van der Waals surface area contributed by atoms with Crippen LogP contribution in [0.5, 0.6) is 0 Å². The second-order valence-electron chi connectivity index (χ2n) is 7.95. The van der Waals surface area contributed by atoms with Crippen molar-refractivity contribution in [2.24, 2.45) is 0 Å². The van der Waals surface area contributed by atoms with Crippen LogP contribution in [0.1, 0.15) is 36.8 Å². The highest BCUT2D eigenvalue weighted by Crippen LogP contribution is 2.27. The van der Waals surface area contributed by atoms with Gasteiger partial charge in [-0.2, -0.15) is 5.26 Å². The minimum absolute atomic E-state index is 0.0481. The van der Waals surface area contributed by atoms with Crippen LogP contribution in [0.4, 0.5) is 17.3 Å². The van der Waals surface area contributed by atoms with E-state index in [2.05, 4.69) is 39.7 Å². The number of hydrogen-bond acceptors (Lipinski definition) is 8. The molecule has 0 aliphatic carbocycles. The number of hydrogen-bond donors (Lipinski definition) is 0. The zero-order chi connectivity index (χ0) is 22.1. The first-order chi connectivity index (χ1) is 14.9. The van der Waals surface area contributed by atoms with E-state index in [-0.39, 0.29) is 11.6 Å². The second-order valence-corrected chi connectivity index (χ2v) is 7.95.